The Hall–Kier alpha value is -3.61. The summed E-state index contributed by atoms with van der Waals surface area (Å²) in [5.74, 6) is 3.20. The summed E-state index contributed by atoms with van der Waals surface area (Å²) in [7, 11) is 1.68. The monoisotopic (exact) mass is 428 g/mol. The standard InChI is InChI=1S/C25H28N6O/c1-16-23(17(2)31(30-16)15-18-7-11-22(32-3)12-8-18)14-26-21-6-4-5-20(13-21)25-27-24(28-29-25)19-9-10-19/h4-8,11-13,19,26H,9-10,14-15H2,1-3H3,(H,27,28,29). The normalized spacial score (nSPS) is 13.3. The Balaban J connectivity index is 1.28. The predicted molar refractivity (Wildman–Crippen MR) is 125 cm³/mol. The first kappa shape index (κ1) is 20.3. The fourth-order valence-electron chi connectivity index (χ4n) is 3.95. The zero-order chi connectivity index (χ0) is 22.1. The summed E-state index contributed by atoms with van der Waals surface area (Å²) in [6, 6.07) is 16.4. The van der Waals surface area contributed by atoms with Crippen molar-refractivity contribution in [1.82, 2.24) is 25.0 Å². The van der Waals surface area contributed by atoms with Gasteiger partial charge in [-0.15, -0.1) is 0 Å². The van der Waals surface area contributed by atoms with Crippen molar-refractivity contribution in [1.29, 1.82) is 0 Å². The first-order valence-corrected chi connectivity index (χ1v) is 11.0. The molecule has 164 valence electrons. The zero-order valence-corrected chi connectivity index (χ0v) is 18.7. The quantitative estimate of drug-likeness (QED) is 0.420. The van der Waals surface area contributed by atoms with Crippen molar-refractivity contribution in [3.63, 3.8) is 0 Å². The molecule has 0 bridgehead atoms. The van der Waals surface area contributed by atoms with Crippen molar-refractivity contribution in [2.45, 2.75) is 45.7 Å². The summed E-state index contributed by atoms with van der Waals surface area (Å²) in [6.45, 7) is 5.65. The highest BCUT2D eigenvalue weighted by molar-refractivity contribution is 5.62. The third-order valence-electron chi connectivity index (χ3n) is 6.08. The number of anilines is 1. The van der Waals surface area contributed by atoms with Crippen molar-refractivity contribution >= 4 is 5.69 Å². The maximum absolute atomic E-state index is 5.25. The number of aryl methyl sites for hydroxylation is 1. The largest absolute Gasteiger partial charge is 0.497 e. The van der Waals surface area contributed by atoms with Gasteiger partial charge >= 0.3 is 0 Å². The van der Waals surface area contributed by atoms with Crippen LogP contribution in [0, 0.1) is 13.8 Å². The van der Waals surface area contributed by atoms with Gasteiger partial charge < -0.3 is 10.1 Å². The first-order valence-electron chi connectivity index (χ1n) is 11.0. The van der Waals surface area contributed by atoms with E-state index in [1.165, 1.54) is 29.7 Å². The molecule has 2 aromatic heterocycles. The van der Waals surface area contributed by atoms with Crippen molar-refractivity contribution in [3.8, 4) is 17.1 Å². The van der Waals surface area contributed by atoms with Crippen molar-refractivity contribution in [2.75, 3.05) is 12.4 Å². The molecule has 5 rings (SSSR count). The van der Waals surface area contributed by atoms with Gasteiger partial charge in [0.1, 0.15) is 11.6 Å². The van der Waals surface area contributed by atoms with Crippen LogP contribution < -0.4 is 10.1 Å². The second-order valence-electron chi connectivity index (χ2n) is 8.41. The van der Waals surface area contributed by atoms with Gasteiger partial charge in [-0.1, -0.05) is 24.3 Å². The van der Waals surface area contributed by atoms with E-state index in [0.29, 0.717) is 12.5 Å². The Morgan fingerprint density at radius 1 is 1.12 bits per heavy atom. The fraction of sp³-hybridized carbons (Fsp3) is 0.320. The average molecular weight is 429 g/mol. The summed E-state index contributed by atoms with van der Waals surface area (Å²) >= 11 is 0. The van der Waals surface area contributed by atoms with E-state index in [1.54, 1.807) is 7.11 Å². The highest BCUT2D eigenvalue weighted by Gasteiger charge is 2.27. The van der Waals surface area contributed by atoms with Crippen LogP contribution in [-0.2, 0) is 13.1 Å². The molecular weight excluding hydrogens is 400 g/mol. The minimum absolute atomic E-state index is 0.568. The van der Waals surface area contributed by atoms with E-state index < -0.39 is 0 Å². The number of rotatable bonds is 8. The summed E-state index contributed by atoms with van der Waals surface area (Å²) < 4.78 is 7.32. The topological polar surface area (TPSA) is 80.6 Å². The number of hydrogen-bond donors (Lipinski definition) is 2. The Labute approximate surface area is 187 Å². The van der Waals surface area contributed by atoms with Gasteiger partial charge in [0.15, 0.2) is 5.82 Å². The number of ether oxygens (including phenoxy) is 1. The minimum atomic E-state index is 0.568. The number of methoxy groups -OCH3 is 1. The van der Waals surface area contributed by atoms with Crippen LogP contribution in [0.1, 0.15) is 47.1 Å². The molecule has 7 nitrogen and oxygen atoms in total. The molecule has 0 radical (unpaired) electrons. The third kappa shape index (κ3) is 4.23. The van der Waals surface area contributed by atoms with Crippen molar-refractivity contribution in [2.24, 2.45) is 0 Å². The smallest absolute Gasteiger partial charge is 0.181 e. The highest BCUT2D eigenvalue weighted by atomic mass is 16.5. The van der Waals surface area contributed by atoms with E-state index in [2.05, 4.69) is 69.4 Å². The van der Waals surface area contributed by atoms with Gasteiger partial charge in [0, 0.05) is 35.0 Å². The highest BCUT2D eigenvalue weighted by Crippen LogP contribution is 2.38. The number of nitrogens with zero attached hydrogens (tertiary/aromatic N) is 4. The van der Waals surface area contributed by atoms with E-state index in [-0.39, 0.29) is 0 Å². The zero-order valence-electron chi connectivity index (χ0n) is 18.7. The molecule has 0 aliphatic heterocycles. The molecule has 0 unspecified atom stereocenters. The molecule has 1 aliphatic carbocycles. The lowest BCUT2D eigenvalue weighted by molar-refractivity contribution is 0.414. The van der Waals surface area contributed by atoms with E-state index in [0.717, 1.165) is 40.9 Å². The summed E-state index contributed by atoms with van der Waals surface area (Å²) in [6.07, 6.45) is 2.42. The molecule has 4 aromatic rings. The second kappa shape index (κ2) is 8.49. The lowest BCUT2D eigenvalue weighted by Crippen LogP contribution is -2.06. The van der Waals surface area contributed by atoms with Gasteiger partial charge in [-0.25, -0.2) is 4.98 Å². The van der Waals surface area contributed by atoms with Crippen molar-refractivity contribution in [3.05, 3.63) is 76.9 Å². The molecular formula is C25H28N6O. The summed E-state index contributed by atoms with van der Waals surface area (Å²) in [5.41, 5.74) is 6.69. The van der Waals surface area contributed by atoms with Crippen LogP contribution in [0.5, 0.6) is 5.75 Å². The van der Waals surface area contributed by atoms with Crippen LogP contribution in [0.3, 0.4) is 0 Å². The minimum Gasteiger partial charge on any atom is -0.497 e. The molecule has 2 N–H and O–H groups in total. The number of aromatic nitrogens is 5. The molecule has 0 saturated heterocycles. The van der Waals surface area contributed by atoms with Crippen LogP contribution in [0.2, 0.25) is 0 Å². The lowest BCUT2D eigenvalue weighted by atomic mass is 10.1. The van der Waals surface area contributed by atoms with Crippen molar-refractivity contribution < 1.29 is 4.74 Å². The Morgan fingerprint density at radius 2 is 1.94 bits per heavy atom. The first-order chi connectivity index (χ1) is 15.6. The lowest BCUT2D eigenvalue weighted by Gasteiger charge is -2.09. The Morgan fingerprint density at radius 3 is 2.69 bits per heavy atom. The third-order valence-corrected chi connectivity index (χ3v) is 6.08. The van der Waals surface area contributed by atoms with Gasteiger partial charge in [0.05, 0.1) is 19.3 Å². The van der Waals surface area contributed by atoms with Gasteiger partial charge in [-0.2, -0.15) is 10.2 Å². The number of H-pyrrole nitrogens is 1. The molecule has 0 spiro atoms. The fourth-order valence-corrected chi connectivity index (χ4v) is 3.95. The number of aromatic amines is 1. The molecule has 1 fully saturated rings. The maximum atomic E-state index is 5.25. The predicted octanol–water partition coefficient (Wildman–Crippen LogP) is 4.83. The van der Waals surface area contributed by atoms with E-state index in [4.69, 9.17) is 9.84 Å². The molecule has 2 aromatic carbocycles. The molecule has 1 aliphatic rings. The molecule has 32 heavy (non-hydrogen) atoms. The average Bonchev–Trinajstić information content (AvgIpc) is 3.48. The van der Waals surface area contributed by atoms with Gasteiger partial charge in [-0.3, -0.25) is 9.78 Å². The molecule has 1 saturated carbocycles. The van der Waals surface area contributed by atoms with E-state index in [1.807, 2.05) is 18.2 Å². The number of nitrogens with one attached hydrogen (secondary N) is 2. The van der Waals surface area contributed by atoms with Crippen LogP contribution in [0.25, 0.3) is 11.4 Å². The van der Waals surface area contributed by atoms with Gasteiger partial charge in [-0.05, 0) is 56.5 Å². The Bertz CT molecular complexity index is 1220. The van der Waals surface area contributed by atoms with Gasteiger partial charge in [0.25, 0.3) is 0 Å². The SMILES string of the molecule is COc1ccc(Cn2nc(C)c(CNc3cccc(-c4n[nH]c(C5CC5)n4)c3)c2C)cc1. The van der Waals surface area contributed by atoms with E-state index >= 15 is 0 Å². The van der Waals surface area contributed by atoms with Gasteiger partial charge in [0.2, 0.25) is 0 Å². The van der Waals surface area contributed by atoms with Crippen LogP contribution in [0.15, 0.2) is 48.5 Å². The number of benzene rings is 2. The summed E-state index contributed by atoms with van der Waals surface area (Å²) in [5, 5.41) is 15.8. The van der Waals surface area contributed by atoms with E-state index in [9.17, 15) is 0 Å². The van der Waals surface area contributed by atoms with Crippen LogP contribution in [-0.4, -0.2) is 32.1 Å². The number of hydrogen-bond acceptors (Lipinski definition) is 5. The second-order valence-corrected chi connectivity index (χ2v) is 8.41. The molecule has 0 atom stereocenters. The molecule has 0 amide bonds. The van der Waals surface area contributed by atoms with Crippen LogP contribution >= 0.6 is 0 Å². The van der Waals surface area contributed by atoms with Crippen LogP contribution in [0.4, 0.5) is 5.69 Å². The maximum Gasteiger partial charge on any atom is 0.181 e. The summed E-state index contributed by atoms with van der Waals surface area (Å²) in [4.78, 5) is 4.67. The molecule has 2 heterocycles. The molecule has 7 heteroatoms. The Kier molecular flexibility index (Phi) is 5.39.